The van der Waals surface area contributed by atoms with Crippen molar-refractivity contribution in [2.75, 3.05) is 11.1 Å². The van der Waals surface area contributed by atoms with Gasteiger partial charge in [-0.05, 0) is 31.5 Å². The van der Waals surface area contributed by atoms with Gasteiger partial charge in [-0.1, -0.05) is 41.9 Å². The van der Waals surface area contributed by atoms with Gasteiger partial charge in [-0.2, -0.15) is 0 Å². The van der Waals surface area contributed by atoms with E-state index in [4.69, 9.17) is 5.73 Å². The molecule has 21 heavy (non-hydrogen) atoms. The number of aromatic nitrogens is 2. The molecule has 3 N–H and O–H groups in total. The number of nitrogens with one attached hydrogen (secondary N) is 1. The molecule has 5 heteroatoms. The first-order valence-corrected chi connectivity index (χ1v) is 7.83. The van der Waals surface area contributed by atoms with Gasteiger partial charge >= 0.3 is 0 Å². The van der Waals surface area contributed by atoms with Crippen LogP contribution in [0.15, 0.2) is 28.7 Å². The molecule has 0 aliphatic heterocycles. The minimum atomic E-state index is 0.145. The van der Waals surface area contributed by atoms with Crippen LogP contribution in [-0.4, -0.2) is 9.97 Å². The van der Waals surface area contributed by atoms with Gasteiger partial charge in [-0.3, -0.25) is 0 Å². The molecule has 1 heterocycles. The Balaban J connectivity index is 2.28. The zero-order valence-electron chi connectivity index (χ0n) is 12.8. The van der Waals surface area contributed by atoms with Crippen LogP contribution in [0.5, 0.6) is 0 Å². The second kappa shape index (κ2) is 6.43. The van der Waals surface area contributed by atoms with Gasteiger partial charge in [0.05, 0.1) is 0 Å². The summed E-state index contributed by atoms with van der Waals surface area (Å²) in [5, 5.41) is 3.44. The Morgan fingerprint density at radius 2 is 1.71 bits per heavy atom. The van der Waals surface area contributed by atoms with Crippen molar-refractivity contribution in [1.29, 1.82) is 0 Å². The fourth-order valence-electron chi connectivity index (χ4n) is 1.99. The van der Waals surface area contributed by atoms with Gasteiger partial charge < -0.3 is 11.1 Å². The molecule has 0 bridgehead atoms. The lowest BCUT2D eigenvalue weighted by atomic mass is 10.1. The number of halogens is 1. The van der Waals surface area contributed by atoms with E-state index in [1.165, 1.54) is 5.56 Å². The molecule has 112 valence electrons. The van der Waals surface area contributed by atoms with Crippen molar-refractivity contribution in [1.82, 2.24) is 9.97 Å². The summed E-state index contributed by atoms with van der Waals surface area (Å²) >= 11 is 3.45. The fraction of sp³-hybridized carbons (Fsp3) is 0.375. The summed E-state index contributed by atoms with van der Waals surface area (Å²) in [6, 6.07) is 8.39. The molecule has 1 aromatic carbocycles. The standard InChI is InChI=1S/C16H21BrN4/c1-9(2)15-20-14(18)10(3)16(21-15)19-11(4)12-5-7-13(17)8-6-12/h5-9,11H,1-4H3,(H3,18,19,20,21). The van der Waals surface area contributed by atoms with Crippen molar-refractivity contribution in [3.8, 4) is 0 Å². The average molecular weight is 349 g/mol. The summed E-state index contributed by atoms with van der Waals surface area (Å²) in [4.78, 5) is 8.95. The van der Waals surface area contributed by atoms with Crippen LogP contribution in [0.1, 0.15) is 49.7 Å². The molecular formula is C16H21BrN4. The van der Waals surface area contributed by atoms with E-state index in [0.29, 0.717) is 5.82 Å². The van der Waals surface area contributed by atoms with Gasteiger partial charge in [0, 0.05) is 22.0 Å². The summed E-state index contributed by atoms with van der Waals surface area (Å²) in [5.41, 5.74) is 8.08. The molecule has 0 saturated heterocycles. The zero-order chi connectivity index (χ0) is 15.6. The number of nitrogen functional groups attached to an aromatic ring is 1. The lowest BCUT2D eigenvalue weighted by Crippen LogP contribution is -2.13. The molecule has 4 nitrogen and oxygen atoms in total. The van der Waals surface area contributed by atoms with Crippen molar-refractivity contribution in [2.24, 2.45) is 0 Å². The maximum atomic E-state index is 6.00. The van der Waals surface area contributed by atoms with Crippen LogP contribution in [0.25, 0.3) is 0 Å². The average Bonchev–Trinajstić information content (AvgIpc) is 2.44. The third kappa shape index (κ3) is 3.73. The topological polar surface area (TPSA) is 63.8 Å². The number of benzene rings is 1. The van der Waals surface area contributed by atoms with Crippen LogP contribution in [0.4, 0.5) is 11.6 Å². The van der Waals surface area contributed by atoms with Gasteiger partial charge in [0.2, 0.25) is 0 Å². The normalized spacial score (nSPS) is 12.5. The van der Waals surface area contributed by atoms with Crippen molar-refractivity contribution < 1.29 is 0 Å². The summed E-state index contributed by atoms with van der Waals surface area (Å²) in [6.45, 7) is 8.17. The van der Waals surface area contributed by atoms with E-state index < -0.39 is 0 Å². The molecule has 0 fully saturated rings. The highest BCUT2D eigenvalue weighted by Crippen LogP contribution is 2.25. The van der Waals surface area contributed by atoms with Crippen molar-refractivity contribution >= 4 is 27.6 Å². The maximum absolute atomic E-state index is 6.00. The van der Waals surface area contributed by atoms with Crippen LogP contribution in [-0.2, 0) is 0 Å². The lowest BCUT2D eigenvalue weighted by molar-refractivity contribution is 0.768. The quantitative estimate of drug-likeness (QED) is 0.857. The van der Waals surface area contributed by atoms with E-state index in [2.05, 4.69) is 64.1 Å². The Morgan fingerprint density at radius 3 is 2.29 bits per heavy atom. The molecule has 0 amide bonds. The fourth-order valence-corrected chi connectivity index (χ4v) is 2.25. The molecule has 1 atom stereocenters. The largest absolute Gasteiger partial charge is 0.383 e. The van der Waals surface area contributed by atoms with Gasteiger partial charge in [0.15, 0.2) is 0 Å². The number of nitrogens with two attached hydrogens (primary N) is 1. The van der Waals surface area contributed by atoms with E-state index in [-0.39, 0.29) is 12.0 Å². The van der Waals surface area contributed by atoms with E-state index in [9.17, 15) is 0 Å². The van der Waals surface area contributed by atoms with Crippen LogP contribution < -0.4 is 11.1 Å². The maximum Gasteiger partial charge on any atom is 0.135 e. The molecule has 2 rings (SSSR count). The smallest absolute Gasteiger partial charge is 0.135 e. The van der Waals surface area contributed by atoms with Gasteiger partial charge in [0.25, 0.3) is 0 Å². The first-order chi connectivity index (χ1) is 9.88. The highest BCUT2D eigenvalue weighted by Gasteiger charge is 2.14. The third-order valence-corrected chi connectivity index (χ3v) is 3.97. The molecule has 0 aliphatic rings. The Bertz CT molecular complexity index is 623. The number of nitrogens with zero attached hydrogens (tertiary/aromatic N) is 2. The molecule has 0 radical (unpaired) electrons. The number of hydrogen-bond donors (Lipinski definition) is 2. The van der Waals surface area contributed by atoms with E-state index in [0.717, 1.165) is 21.7 Å². The summed E-state index contributed by atoms with van der Waals surface area (Å²) in [6.07, 6.45) is 0. The second-order valence-corrected chi connectivity index (χ2v) is 6.43. The van der Waals surface area contributed by atoms with E-state index in [1.807, 2.05) is 19.1 Å². The first kappa shape index (κ1) is 15.8. The highest BCUT2D eigenvalue weighted by atomic mass is 79.9. The van der Waals surface area contributed by atoms with Gasteiger partial charge in [-0.25, -0.2) is 9.97 Å². The summed E-state index contributed by atoms with van der Waals surface area (Å²) in [5.74, 6) is 2.36. The Kier molecular flexibility index (Phi) is 4.83. The zero-order valence-corrected chi connectivity index (χ0v) is 14.4. The molecule has 1 aromatic heterocycles. The predicted molar refractivity (Wildman–Crippen MR) is 91.5 cm³/mol. The molecule has 0 spiro atoms. The molecular weight excluding hydrogens is 328 g/mol. The Hall–Kier alpha value is -1.62. The van der Waals surface area contributed by atoms with Crippen LogP contribution in [0, 0.1) is 6.92 Å². The Labute approximate surface area is 134 Å². The predicted octanol–water partition coefficient (Wildman–Crippen LogP) is 4.43. The summed E-state index contributed by atoms with van der Waals surface area (Å²) < 4.78 is 1.07. The Morgan fingerprint density at radius 1 is 1.10 bits per heavy atom. The van der Waals surface area contributed by atoms with Crippen molar-refractivity contribution in [3.05, 3.63) is 45.7 Å². The third-order valence-electron chi connectivity index (χ3n) is 3.44. The SMILES string of the molecule is Cc1c(N)nc(C(C)C)nc1NC(C)c1ccc(Br)cc1. The number of rotatable bonds is 4. The monoisotopic (exact) mass is 348 g/mol. The molecule has 1 unspecified atom stereocenters. The van der Waals surface area contributed by atoms with E-state index in [1.54, 1.807) is 0 Å². The van der Waals surface area contributed by atoms with Crippen LogP contribution >= 0.6 is 15.9 Å². The van der Waals surface area contributed by atoms with Gasteiger partial charge in [-0.15, -0.1) is 0 Å². The molecule has 2 aromatic rings. The van der Waals surface area contributed by atoms with Crippen LogP contribution in [0.2, 0.25) is 0 Å². The van der Waals surface area contributed by atoms with Crippen molar-refractivity contribution in [3.63, 3.8) is 0 Å². The van der Waals surface area contributed by atoms with Gasteiger partial charge in [0.1, 0.15) is 17.5 Å². The molecule has 0 saturated carbocycles. The number of hydrogen-bond acceptors (Lipinski definition) is 4. The lowest BCUT2D eigenvalue weighted by Gasteiger charge is -2.18. The van der Waals surface area contributed by atoms with Crippen LogP contribution in [0.3, 0.4) is 0 Å². The molecule has 0 aliphatic carbocycles. The van der Waals surface area contributed by atoms with E-state index >= 15 is 0 Å². The number of anilines is 2. The minimum Gasteiger partial charge on any atom is -0.383 e. The first-order valence-electron chi connectivity index (χ1n) is 7.04. The minimum absolute atomic E-state index is 0.145. The van der Waals surface area contributed by atoms with Crippen molar-refractivity contribution in [2.45, 2.75) is 39.7 Å². The summed E-state index contributed by atoms with van der Waals surface area (Å²) in [7, 11) is 0. The highest BCUT2D eigenvalue weighted by molar-refractivity contribution is 9.10. The second-order valence-electron chi connectivity index (χ2n) is 5.51.